The number of halogens is 1. The molecule has 4 rings (SSSR count). The van der Waals surface area contributed by atoms with Gasteiger partial charge in [-0.25, -0.2) is 19.9 Å². The van der Waals surface area contributed by atoms with Crippen molar-refractivity contribution in [3.05, 3.63) is 28.9 Å². The van der Waals surface area contributed by atoms with Crippen LogP contribution in [0.15, 0.2) is 23.2 Å². The summed E-state index contributed by atoms with van der Waals surface area (Å²) in [5, 5.41) is 0. The van der Waals surface area contributed by atoms with Crippen molar-refractivity contribution in [1.82, 2.24) is 24.5 Å². The second-order valence-electron chi connectivity index (χ2n) is 8.64. The normalized spacial score (nSPS) is 14.5. The number of nitrogens with zero attached hydrogens (tertiary/aromatic N) is 5. The second-order valence-corrected chi connectivity index (χ2v) is 15.1. The molecule has 1 aliphatic carbocycles. The number of fused-ring (bicyclic) bond motifs is 1. The fraction of sp³-hybridized carbons (Fsp3) is 0.500. The van der Waals surface area contributed by atoms with E-state index >= 15 is 0 Å². The van der Waals surface area contributed by atoms with E-state index in [1.165, 1.54) is 0 Å². The third-order valence-electron chi connectivity index (χ3n) is 5.02. The van der Waals surface area contributed by atoms with E-state index in [0.29, 0.717) is 24.4 Å². The Morgan fingerprint density at radius 1 is 1.21 bits per heavy atom. The molecule has 154 valence electrons. The Hall–Kier alpha value is -1.84. The summed E-state index contributed by atoms with van der Waals surface area (Å²) in [6, 6.07) is 1.14. The van der Waals surface area contributed by atoms with Crippen LogP contribution in [0.4, 0.5) is 0 Å². The fourth-order valence-corrected chi connectivity index (χ4v) is 4.51. The smallest absolute Gasteiger partial charge is 0.227 e. The van der Waals surface area contributed by atoms with Crippen LogP contribution in [0.5, 0.6) is 5.88 Å². The Balaban J connectivity index is 1.64. The van der Waals surface area contributed by atoms with Gasteiger partial charge in [-0.2, -0.15) is 0 Å². The molecule has 0 aliphatic heterocycles. The average Bonchev–Trinajstić information content (AvgIpc) is 3.49. The molecule has 0 N–H and O–H groups in total. The lowest BCUT2D eigenvalue weighted by atomic mass is 10.1. The Morgan fingerprint density at radius 2 is 2.00 bits per heavy atom. The van der Waals surface area contributed by atoms with Crippen LogP contribution in [0.25, 0.3) is 22.4 Å². The molecule has 0 radical (unpaired) electrons. The summed E-state index contributed by atoms with van der Waals surface area (Å²) in [6.45, 7) is 8.32. The van der Waals surface area contributed by atoms with Crippen LogP contribution in [0.2, 0.25) is 25.7 Å². The summed E-state index contributed by atoms with van der Waals surface area (Å²) < 4.78 is 14.3. The van der Waals surface area contributed by atoms with Crippen LogP contribution < -0.4 is 4.74 Å². The molecule has 29 heavy (non-hydrogen) atoms. The first-order valence-electron chi connectivity index (χ1n) is 9.86. The van der Waals surface area contributed by atoms with Crippen molar-refractivity contribution in [2.24, 2.45) is 0 Å². The van der Waals surface area contributed by atoms with E-state index in [9.17, 15) is 0 Å². The summed E-state index contributed by atoms with van der Waals surface area (Å²) in [5.74, 6) is 1.55. The van der Waals surface area contributed by atoms with E-state index in [-0.39, 0.29) is 0 Å². The van der Waals surface area contributed by atoms with Crippen LogP contribution in [0, 0.1) is 0 Å². The maximum Gasteiger partial charge on any atom is 0.227 e. The molecule has 0 saturated heterocycles. The van der Waals surface area contributed by atoms with Gasteiger partial charge in [-0.05, 0) is 34.8 Å². The van der Waals surface area contributed by atoms with Gasteiger partial charge in [-0.3, -0.25) is 0 Å². The molecule has 1 saturated carbocycles. The Labute approximate surface area is 180 Å². The number of aromatic nitrogens is 5. The molecule has 0 unspecified atom stereocenters. The molecule has 0 bridgehead atoms. The van der Waals surface area contributed by atoms with Crippen molar-refractivity contribution in [3.8, 4) is 17.3 Å². The lowest BCUT2D eigenvalue weighted by Gasteiger charge is -2.15. The number of hydrogen-bond acceptors (Lipinski definition) is 6. The topological polar surface area (TPSA) is 75.0 Å². The van der Waals surface area contributed by atoms with Crippen LogP contribution >= 0.6 is 15.9 Å². The van der Waals surface area contributed by atoms with Crippen molar-refractivity contribution in [3.63, 3.8) is 0 Å². The quantitative estimate of drug-likeness (QED) is 0.342. The predicted molar refractivity (Wildman–Crippen MR) is 119 cm³/mol. The van der Waals surface area contributed by atoms with Gasteiger partial charge in [0.25, 0.3) is 0 Å². The van der Waals surface area contributed by atoms with Gasteiger partial charge in [0.15, 0.2) is 5.82 Å². The first-order chi connectivity index (χ1) is 13.9. The summed E-state index contributed by atoms with van der Waals surface area (Å²) in [5.41, 5.74) is 3.54. The summed E-state index contributed by atoms with van der Waals surface area (Å²) in [4.78, 5) is 18.2. The first-order valence-corrected chi connectivity index (χ1v) is 14.4. The molecular formula is C20H26BrN5O2Si. The van der Waals surface area contributed by atoms with Gasteiger partial charge < -0.3 is 14.0 Å². The summed E-state index contributed by atoms with van der Waals surface area (Å²) in [6.07, 6.45) is 7.65. The second kappa shape index (κ2) is 8.12. The lowest BCUT2D eigenvalue weighted by Crippen LogP contribution is -2.21. The standard InChI is InChI=1S/C20H26BrN5O2Si/c1-27-20-16(17(13-5-6-13)23-11-24-20)19-22-9-15-18(25-19)14(21)10-26(15)12-28-7-8-29(2,3)4/h9-11,13H,5-8,12H2,1-4H3. The molecule has 3 aromatic heterocycles. The van der Waals surface area contributed by atoms with Crippen LogP contribution in [-0.2, 0) is 11.5 Å². The van der Waals surface area contributed by atoms with Crippen molar-refractivity contribution in [2.45, 2.75) is 51.2 Å². The minimum absolute atomic E-state index is 0.439. The minimum atomic E-state index is -1.10. The van der Waals surface area contributed by atoms with Crippen LogP contribution in [0.3, 0.4) is 0 Å². The molecule has 0 atom stereocenters. The summed E-state index contributed by atoms with van der Waals surface area (Å²) in [7, 11) is 0.517. The van der Waals surface area contributed by atoms with E-state index in [2.05, 4.69) is 50.5 Å². The zero-order chi connectivity index (χ0) is 20.6. The SMILES string of the molecule is COc1ncnc(C2CC2)c1-c1ncc2c(n1)c(Br)cn2COCC[Si](C)(C)C. The number of hydrogen-bond donors (Lipinski definition) is 0. The largest absolute Gasteiger partial charge is 0.480 e. The molecule has 1 fully saturated rings. The molecule has 3 aromatic rings. The summed E-state index contributed by atoms with van der Waals surface area (Å²) >= 11 is 3.64. The molecule has 0 amide bonds. The maximum absolute atomic E-state index is 5.91. The number of methoxy groups -OCH3 is 1. The Kier molecular flexibility index (Phi) is 5.72. The van der Waals surface area contributed by atoms with E-state index in [0.717, 1.165) is 52.3 Å². The zero-order valence-electron chi connectivity index (χ0n) is 17.3. The fourth-order valence-electron chi connectivity index (χ4n) is 3.21. The minimum Gasteiger partial charge on any atom is -0.480 e. The third-order valence-corrected chi connectivity index (χ3v) is 7.31. The third kappa shape index (κ3) is 4.51. The molecule has 0 aromatic carbocycles. The van der Waals surface area contributed by atoms with Crippen molar-refractivity contribution < 1.29 is 9.47 Å². The van der Waals surface area contributed by atoms with E-state index < -0.39 is 8.07 Å². The van der Waals surface area contributed by atoms with Crippen LogP contribution in [0.1, 0.15) is 24.5 Å². The zero-order valence-corrected chi connectivity index (χ0v) is 19.9. The maximum atomic E-state index is 5.91. The Bertz CT molecular complexity index is 1030. The molecule has 0 spiro atoms. The van der Waals surface area contributed by atoms with E-state index in [4.69, 9.17) is 14.5 Å². The molecular weight excluding hydrogens is 450 g/mol. The van der Waals surface area contributed by atoms with Gasteiger partial charge in [-0.15, -0.1) is 0 Å². The average molecular weight is 476 g/mol. The highest BCUT2D eigenvalue weighted by molar-refractivity contribution is 9.10. The van der Waals surface area contributed by atoms with E-state index in [1.807, 2.05) is 17.0 Å². The van der Waals surface area contributed by atoms with Gasteiger partial charge in [0.05, 0.1) is 29.0 Å². The van der Waals surface area contributed by atoms with Gasteiger partial charge in [0.2, 0.25) is 5.88 Å². The highest BCUT2D eigenvalue weighted by atomic mass is 79.9. The van der Waals surface area contributed by atoms with Crippen molar-refractivity contribution in [1.29, 1.82) is 0 Å². The first kappa shape index (κ1) is 20.4. The Morgan fingerprint density at radius 3 is 2.69 bits per heavy atom. The molecule has 1 aliphatic rings. The highest BCUT2D eigenvalue weighted by Crippen LogP contribution is 2.45. The van der Waals surface area contributed by atoms with Gasteiger partial charge >= 0.3 is 0 Å². The molecule has 9 heteroatoms. The van der Waals surface area contributed by atoms with Gasteiger partial charge in [0.1, 0.15) is 24.1 Å². The molecule has 3 heterocycles. The van der Waals surface area contributed by atoms with Crippen molar-refractivity contribution >= 4 is 35.0 Å². The highest BCUT2D eigenvalue weighted by Gasteiger charge is 2.31. The molecule has 7 nitrogen and oxygen atoms in total. The van der Waals surface area contributed by atoms with Gasteiger partial charge in [0, 0.05) is 26.8 Å². The number of rotatable bonds is 8. The van der Waals surface area contributed by atoms with Gasteiger partial charge in [-0.1, -0.05) is 19.6 Å². The number of ether oxygens (including phenoxy) is 2. The lowest BCUT2D eigenvalue weighted by molar-refractivity contribution is 0.0901. The van der Waals surface area contributed by atoms with Crippen molar-refractivity contribution in [2.75, 3.05) is 13.7 Å². The predicted octanol–water partition coefficient (Wildman–Crippen LogP) is 4.85. The van der Waals surface area contributed by atoms with E-state index in [1.54, 1.807) is 13.4 Å². The monoisotopic (exact) mass is 475 g/mol. The van der Waals surface area contributed by atoms with Crippen LogP contribution in [-0.4, -0.2) is 46.3 Å².